The number of benzene rings is 3. The molecule has 0 aliphatic carbocycles. The van der Waals surface area contributed by atoms with Gasteiger partial charge in [-0.15, -0.1) is 0 Å². The molecule has 5 aromatic rings. The Balaban J connectivity index is 1.10. The van der Waals surface area contributed by atoms with E-state index in [1.807, 2.05) is 18.2 Å². The van der Waals surface area contributed by atoms with Crippen molar-refractivity contribution in [3.05, 3.63) is 78.9 Å². The number of halogens is 1. The van der Waals surface area contributed by atoms with Gasteiger partial charge in [0.25, 0.3) is 10.0 Å². The summed E-state index contributed by atoms with van der Waals surface area (Å²) in [7, 11) is -2.17. The van der Waals surface area contributed by atoms with Gasteiger partial charge >= 0.3 is 0 Å². The number of ether oxygens (including phenoxy) is 1. The summed E-state index contributed by atoms with van der Waals surface area (Å²) in [6, 6.07) is 17.4. The first-order valence-corrected chi connectivity index (χ1v) is 14.8. The van der Waals surface area contributed by atoms with Gasteiger partial charge < -0.3 is 19.9 Å². The topological polar surface area (TPSA) is 117 Å². The smallest absolute Gasteiger partial charge is 0.261 e. The molecule has 0 bridgehead atoms. The van der Waals surface area contributed by atoms with Crippen LogP contribution in [0, 0.1) is 5.82 Å². The van der Waals surface area contributed by atoms with Gasteiger partial charge in [0.1, 0.15) is 17.0 Å². The standard InChI is InChI=1S/C28H26FN7O3S2/c1-39-21-8-11-23-24(16-21)33-26-25(23)27(31-17-30-26)35-12-14-36(15-13-35)28(40)32-19-6-9-22(10-7-19)41(37,38)34-20-4-2-18(29)3-5-20/h2-11,16-17,34H,12-15H2,1H3,(H,32,40)(H,30,31,33)/p+1. The van der Waals surface area contributed by atoms with Crippen LogP contribution in [-0.2, 0) is 10.0 Å². The second-order valence-electron chi connectivity index (χ2n) is 9.55. The van der Waals surface area contributed by atoms with E-state index in [1.54, 1.807) is 25.6 Å². The quantitative estimate of drug-likeness (QED) is 0.254. The maximum absolute atomic E-state index is 13.1. The third-order valence-corrected chi connectivity index (χ3v) is 8.77. The molecule has 3 heterocycles. The molecule has 0 radical (unpaired) electrons. The van der Waals surface area contributed by atoms with Crippen LogP contribution in [0.1, 0.15) is 0 Å². The number of aromatic amines is 2. The molecule has 10 nitrogen and oxygen atoms in total. The summed E-state index contributed by atoms with van der Waals surface area (Å²) in [5.41, 5.74) is 2.72. The largest absolute Gasteiger partial charge is 0.497 e. The highest BCUT2D eigenvalue weighted by molar-refractivity contribution is 7.92. The fourth-order valence-corrected chi connectivity index (χ4v) is 6.25. The van der Waals surface area contributed by atoms with Crippen LogP contribution >= 0.6 is 12.2 Å². The van der Waals surface area contributed by atoms with Crippen molar-refractivity contribution in [1.82, 2.24) is 14.9 Å². The van der Waals surface area contributed by atoms with Crippen molar-refractivity contribution in [2.75, 3.05) is 48.2 Å². The maximum Gasteiger partial charge on any atom is 0.261 e. The van der Waals surface area contributed by atoms with E-state index in [0.29, 0.717) is 23.9 Å². The van der Waals surface area contributed by atoms with E-state index in [4.69, 9.17) is 17.0 Å². The molecule has 0 spiro atoms. The number of hydrogen-bond donors (Lipinski definition) is 3. The van der Waals surface area contributed by atoms with Crippen LogP contribution in [-0.4, -0.2) is 61.7 Å². The Morgan fingerprint density at radius 3 is 2.44 bits per heavy atom. The van der Waals surface area contributed by atoms with Crippen molar-refractivity contribution >= 4 is 66.5 Å². The number of fused-ring (bicyclic) bond motifs is 3. The van der Waals surface area contributed by atoms with Crippen molar-refractivity contribution in [2.24, 2.45) is 0 Å². The number of piperazine rings is 1. The molecule has 3 aromatic carbocycles. The molecule has 2 aromatic heterocycles. The number of hydrogen-bond acceptors (Lipinski definition) is 6. The minimum atomic E-state index is -3.82. The Hall–Kier alpha value is -4.49. The molecule has 0 unspecified atom stereocenters. The number of aromatic nitrogens is 3. The molecule has 13 heteroatoms. The third kappa shape index (κ3) is 5.45. The minimum absolute atomic E-state index is 0.0857. The van der Waals surface area contributed by atoms with Crippen LogP contribution in [0.5, 0.6) is 5.75 Å². The number of rotatable bonds is 6. The van der Waals surface area contributed by atoms with Gasteiger partial charge in [0.05, 0.1) is 43.7 Å². The Bertz CT molecular complexity index is 1840. The van der Waals surface area contributed by atoms with Gasteiger partial charge in [-0.25, -0.2) is 17.8 Å². The Morgan fingerprint density at radius 1 is 1.02 bits per heavy atom. The first kappa shape index (κ1) is 26.7. The predicted molar refractivity (Wildman–Crippen MR) is 160 cm³/mol. The summed E-state index contributed by atoms with van der Waals surface area (Å²) in [6.45, 7) is 2.89. The van der Waals surface area contributed by atoms with Crippen molar-refractivity contribution < 1.29 is 22.5 Å². The lowest BCUT2D eigenvalue weighted by atomic mass is 10.2. The van der Waals surface area contributed by atoms with Gasteiger partial charge in [0.2, 0.25) is 17.8 Å². The van der Waals surface area contributed by atoms with Crippen LogP contribution in [0.25, 0.3) is 21.9 Å². The van der Waals surface area contributed by atoms with Crippen LogP contribution < -0.4 is 24.7 Å². The zero-order valence-corrected chi connectivity index (χ0v) is 23.7. The van der Waals surface area contributed by atoms with Gasteiger partial charge in [0, 0.05) is 22.8 Å². The highest BCUT2D eigenvalue weighted by Crippen LogP contribution is 2.32. The zero-order chi connectivity index (χ0) is 28.6. The summed E-state index contributed by atoms with van der Waals surface area (Å²) < 4.78 is 46.3. The highest BCUT2D eigenvalue weighted by atomic mass is 32.2. The van der Waals surface area contributed by atoms with Gasteiger partial charge in [0.15, 0.2) is 5.11 Å². The van der Waals surface area contributed by atoms with E-state index in [0.717, 1.165) is 46.6 Å². The molecule has 0 saturated carbocycles. The summed E-state index contributed by atoms with van der Waals surface area (Å²) in [5, 5.41) is 5.87. The van der Waals surface area contributed by atoms with E-state index >= 15 is 0 Å². The van der Waals surface area contributed by atoms with Gasteiger partial charge in [-0.3, -0.25) is 9.62 Å². The average Bonchev–Trinajstić information content (AvgIpc) is 3.36. The van der Waals surface area contributed by atoms with Crippen molar-refractivity contribution in [3.63, 3.8) is 0 Å². The Morgan fingerprint density at radius 2 is 1.73 bits per heavy atom. The summed E-state index contributed by atoms with van der Waals surface area (Å²) in [6.07, 6.45) is 1.70. The van der Waals surface area contributed by atoms with Crippen LogP contribution in [0.3, 0.4) is 0 Å². The van der Waals surface area contributed by atoms with E-state index in [1.165, 1.54) is 36.4 Å². The molecule has 0 amide bonds. The molecule has 1 aliphatic rings. The molecule has 1 fully saturated rings. The van der Waals surface area contributed by atoms with Crippen molar-refractivity contribution in [3.8, 4) is 5.75 Å². The molecule has 0 atom stereocenters. The van der Waals surface area contributed by atoms with Crippen molar-refractivity contribution in [2.45, 2.75) is 4.90 Å². The van der Waals surface area contributed by atoms with E-state index in [2.05, 4.69) is 34.8 Å². The lowest BCUT2D eigenvalue weighted by Gasteiger charge is -2.34. The lowest BCUT2D eigenvalue weighted by molar-refractivity contribution is -0.367. The molecule has 41 heavy (non-hydrogen) atoms. The first-order valence-electron chi connectivity index (χ1n) is 12.9. The summed E-state index contributed by atoms with van der Waals surface area (Å²) in [5.74, 6) is 1.34. The van der Waals surface area contributed by atoms with Crippen molar-refractivity contribution in [1.29, 1.82) is 0 Å². The number of methoxy groups -OCH3 is 1. The SMILES string of the molecule is COc1ccc2c(c1)[nH]c1nc[nH+]c(N3CCN(C(=S)Nc4ccc(S(=O)(=O)Nc5ccc(F)cc5)cc4)CC3)c12. The second-order valence-corrected chi connectivity index (χ2v) is 11.6. The average molecular weight is 593 g/mol. The monoisotopic (exact) mass is 592 g/mol. The molecular formula is C28H27FN7O3S2+. The molecule has 4 N–H and O–H groups in total. The lowest BCUT2D eigenvalue weighted by Crippen LogP contribution is -2.51. The van der Waals surface area contributed by atoms with E-state index in [-0.39, 0.29) is 10.6 Å². The predicted octanol–water partition coefficient (Wildman–Crippen LogP) is 4.00. The number of nitrogens with zero attached hydrogens (tertiary/aromatic N) is 3. The van der Waals surface area contributed by atoms with Gasteiger partial charge in [-0.05, 0) is 72.9 Å². The van der Waals surface area contributed by atoms with Gasteiger partial charge in [-0.2, -0.15) is 0 Å². The molecule has 6 rings (SSSR count). The summed E-state index contributed by atoms with van der Waals surface area (Å²) >= 11 is 5.67. The molecule has 1 aliphatic heterocycles. The molecule has 1 saturated heterocycles. The molecule has 210 valence electrons. The molecular weight excluding hydrogens is 565 g/mol. The summed E-state index contributed by atoms with van der Waals surface area (Å²) in [4.78, 5) is 15.7. The van der Waals surface area contributed by atoms with Gasteiger partial charge in [-0.1, -0.05) is 4.98 Å². The number of anilines is 3. The minimum Gasteiger partial charge on any atom is -0.497 e. The van der Waals surface area contributed by atoms with Crippen LogP contribution in [0.15, 0.2) is 78.0 Å². The number of thiocarbonyl (C=S) groups is 1. The zero-order valence-electron chi connectivity index (χ0n) is 22.0. The van der Waals surface area contributed by atoms with Crippen LogP contribution in [0.2, 0.25) is 0 Å². The van der Waals surface area contributed by atoms with E-state index < -0.39 is 15.8 Å². The number of nitrogens with one attached hydrogen (secondary N) is 4. The number of H-pyrrole nitrogens is 2. The normalized spacial score (nSPS) is 13.9. The maximum atomic E-state index is 13.1. The fraction of sp³-hybridized carbons (Fsp3) is 0.179. The first-order chi connectivity index (χ1) is 19.8. The number of sulfonamides is 1. The fourth-order valence-electron chi connectivity index (χ4n) is 4.89. The highest BCUT2D eigenvalue weighted by Gasteiger charge is 2.27. The van der Waals surface area contributed by atoms with E-state index in [9.17, 15) is 12.8 Å². The second kappa shape index (κ2) is 10.8. The Kier molecular flexibility index (Phi) is 7.05. The van der Waals surface area contributed by atoms with Crippen LogP contribution in [0.4, 0.5) is 21.6 Å². The third-order valence-electron chi connectivity index (χ3n) is 7.01. The Labute approximate surface area is 241 Å².